The van der Waals surface area contributed by atoms with Crippen molar-refractivity contribution in [3.8, 4) is 17.0 Å². The fourth-order valence-corrected chi connectivity index (χ4v) is 4.53. The molecule has 9 nitrogen and oxygen atoms in total. The Kier molecular flexibility index (Phi) is 5.60. The number of hydrogen-bond acceptors (Lipinski definition) is 8. The maximum atomic E-state index is 12.9. The molecule has 0 aliphatic heterocycles. The summed E-state index contributed by atoms with van der Waals surface area (Å²) in [6.07, 6.45) is 7.59. The molecule has 0 unspecified atom stereocenters. The van der Waals surface area contributed by atoms with Gasteiger partial charge in [-0.2, -0.15) is 0 Å². The number of pyridine rings is 2. The van der Waals surface area contributed by atoms with Crippen LogP contribution in [0.1, 0.15) is 25.1 Å². The van der Waals surface area contributed by atoms with Gasteiger partial charge in [0.05, 0.1) is 7.11 Å². The second-order valence-corrected chi connectivity index (χ2v) is 8.71. The summed E-state index contributed by atoms with van der Waals surface area (Å²) in [5, 5.41) is 3.13. The van der Waals surface area contributed by atoms with E-state index in [-0.39, 0.29) is 16.8 Å². The standard InChI is InChI=1S/C20H22N6O3S/c1-13-21-9-7-18(24-13)25-19-11-14(6-8-22-19)15-10-17(20(29-2)23-12-15)30(27,28)26-16-4-3-5-16/h6-12,16,26H,3-5H2,1-2H3,(H,21,22,24,25). The van der Waals surface area contributed by atoms with Crippen LogP contribution in [0.15, 0.2) is 47.8 Å². The number of anilines is 2. The van der Waals surface area contributed by atoms with Crippen molar-refractivity contribution in [3.05, 3.63) is 48.7 Å². The third-order valence-electron chi connectivity index (χ3n) is 4.85. The van der Waals surface area contributed by atoms with Gasteiger partial charge in [-0.1, -0.05) is 6.42 Å². The predicted octanol–water partition coefficient (Wildman–Crippen LogP) is 2.83. The SMILES string of the molecule is COc1ncc(-c2ccnc(Nc3ccnc(C)n3)c2)cc1S(=O)(=O)NC1CCC1. The van der Waals surface area contributed by atoms with E-state index < -0.39 is 10.0 Å². The van der Waals surface area contributed by atoms with Crippen molar-refractivity contribution in [2.75, 3.05) is 12.4 Å². The number of hydrogen-bond donors (Lipinski definition) is 2. The Morgan fingerprint density at radius 1 is 1.03 bits per heavy atom. The highest BCUT2D eigenvalue weighted by atomic mass is 32.2. The van der Waals surface area contributed by atoms with Gasteiger partial charge in [0, 0.05) is 30.2 Å². The molecule has 3 aromatic rings. The second-order valence-electron chi connectivity index (χ2n) is 7.02. The zero-order valence-corrected chi connectivity index (χ0v) is 17.5. The number of aromatic nitrogens is 4. The van der Waals surface area contributed by atoms with E-state index in [9.17, 15) is 8.42 Å². The van der Waals surface area contributed by atoms with E-state index in [4.69, 9.17) is 4.74 Å². The van der Waals surface area contributed by atoms with Crippen LogP contribution in [0.2, 0.25) is 0 Å². The summed E-state index contributed by atoms with van der Waals surface area (Å²) in [4.78, 5) is 16.9. The minimum atomic E-state index is -3.74. The fourth-order valence-electron chi connectivity index (χ4n) is 3.08. The van der Waals surface area contributed by atoms with E-state index in [0.717, 1.165) is 24.8 Å². The van der Waals surface area contributed by atoms with Gasteiger partial charge in [0.25, 0.3) is 0 Å². The summed E-state index contributed by atoms with van der Waals surface area (Å²) in [5.74, 6) is 1.89. The average molecular weight is 427 g/mol. The Morgan fingerprint density at radius 3 is 2.53 bits per heavy atom. The van der Waals surface area contributed by atoms with Crippen molar-refractivity contribution >= 4 is 21.7 Å². The van der Waals surface area contributed by atoms with E-state index in [2.05, 4.69) is 30.0 Å². The van der Waals surface area contributed by atoms with Gasteiger partial charge in [-0.05, 0) is 49.6 Å². The van der Waals surface area contributed by atoms with Gasteiger partial charge in [-0.3, -0.25) is 0 Å². The molecule has 1 aliphatic rings. The van der Waals surface area contributed by atoms with Crippen molar-refractivity contribution in [3.63, 3.8) is 0 Å². The van der Waals surface area contributed by atoms with Crippen LogP contribution in [0.5, 0.6) is 5.88 Å². The van der Waals surface area contributed by atoms with Gasteiger partial charge in [0.2, 0.25) is 15.9 Å². The van der Waals surface area contributed by atoms with Gasteiger partial charge >= 0.3 is 0 Å². The number of aryl methyl sites for hydroxylation is 1. The Balaban J connectivity index is 1.65. The summed E-state index contributed by atoms with van der Waals surface area (Å²) in [5.41, 5.74) is 1.39. The Hall–Kier alpha value is -3.11. The lowest BCUT2D eigenvalue weighted by Crippen LogP contribution is -2.39. The number of sulfonamides is 1. The lowest BCUT2D eigenvalue weighted by molar-refractivity contribution is 0.374. The molecule has 4 rings (SSSR count). The van der Waals surface area contributed by atoms with Crippen LogP contribution in [0, 0.1) is 6.92 Å². The third kappa shape index (κ3) is 4.39. The molecule has 1 fully saturated rings. The second kappa shape index (κ2) is 8.33. The largest absolute Gasteiger partial charge is 0.480 e. The third-order valence-corrected chi connectivity index (χ3v) is 6.37. The Bertz CT molecular complexity index is 1160. The highest BCUT2D eigenvalue weighted by Gasteiger charge is 2.28. The number of methoxy groups -OCH3 is 1. The molecular formula is C20H22N6O3S. The highest BCUT2D eigenvalue weighted by molar-refractivity contribution is 7.89. The normalized spacial score (nSPS) is 14.2. The minimum absolute atomic E-state index is 0.0205. The quantitative estimate of drug-likeness (QED) is 0.592. The molecule has 10 heteroatoms. The molecule has 0 radical (unpaired) electrons. The van der Waals surface area contributed by atoms with Crippen molar-refractivity contribution in [2.45, 2.75) is 37.1 Å². The molecule has 0 atom stereocenters. The summed E-state index contributed by atoms with van der Waals surface area (Å²) in [6, 6.07) is 6.87. The lowest BCUT2D eigenvalue weighted by Gasteiger charge is -2.26. The minimum Gasteiger partial charge on any atom is -0.480 e. The molecule has 1 saturated carbocycles. The summed E-state index contributed by atoms with van der Waals surface area (Å²) in [7, 11) is -2.34. The van der Waals surface area contributed by atoms with Crippen molar-refractivity contribution in [1.29, 1.82) is 0 Å². The summed E-state index contributed by atoms with van der Waals surface area (Å²) >= 11 is 0. The maximum Gasteiger partial charge on any atom is 0.246 e. The van der Waals surface area contributed by atoms with Crippen LogP contribution < -0.4 is 14.8 Å². The van der Waals surface area contributed by atoms with Crippen LogP contribution >= 0.6 is 0 Å². The van der Waals surface area contributed by atoms with Crippen LogP contribution in [0.4, 0.5) is 11.6 Å². The van der Waals surface area contributed by atoms with Gasteiger partial charge in [0.1, 0.15) is 22.4 Å². The van der Waals surface area contributed by atoms with E-state index >= 15 is 0 Å². The Labute approximate surface area is 175 Å². The molecule has 156 valence electrons. The van der Waals surface area contributed by atoms with Crippen molar-refractivity contribution in [2.24, 2.45) is 0 Å². The molecule has 0 saturated heterocycles. The van der Waals surface area contributed by atoms with E-state index in [0.29, 0.717) is 23.0 Å². The summed E-state index contributed by atoms with van der Waals surface area (Å²) in [6.45, 7) is 1.80. The monoisotopic (exact) mass is 426 g/mol. The van der Waals surface area contributed by atoms with Gasteiger partial charge < -0.3 is 10.1 Å². The van der Waals surface area contributed by atoms with Gasteiger partial charge in [-0.25, -0.2) is 33.1 Å². The zero-order chi connectivity index (χ0) is 21.1. The molecule has 0 amide bonds. The van der Waals surface area contributed by atoms with Crippen LogP contribution in [0.3, 0.4) is 0 Å². The molecule has 0 aromatic carbocycles. The first-order valence-electron chi connectivity index (χ1n) is 9.54. The number of rotatable bonds is 7. The molecule has 3 aromatic heterocycles. The Morgan fingerprint density at radius 2 is 1.83 bits per heavy atom. The number of ether oxygens (including phenoxy) is 1. The molecule has 2 N–H and O–H groups in total. The zero-order valence-electron chi connectivity index (χ0n) is 16.7. The maximum absolute atomic E-state index is 12.9. The first-order valence-corrected chi connectivity index (χ1v) is 11.0. The van der Waals surface area contributed by atoms with Crippen LogP contribution in [-0.2, 0) is 10.0 Å². The first kappa shape index (κ1) is 20.2. The van der Waals surface area contributed by atoms with Crippen LogP contribution in [0.25, 0.3) is 11.1 Å². The van der Waals surface area contributed by atoms with E-state index in [1.54, 1.807) is 49.8 Å². The number of nitrogens with one attached hydrogen (secondary N) is 2. The molecule has 0 spiro atoms. The van der Waals surface area contributed by atoms with E-state index in [1.807, 2.05) is 0 Å². The van der Waals surface area contributed by atoms with Gasteiger partial charge in [0.15, 0.2) is 0 Å². The molecule has 1 aliphatic carbocycles. The highest BCUT2D eigenvalue weighted by Crippen LogP contribution is 2.30. The molecular weight excluding hydrogens is 404 g/mol. The lowest BCUT2D eigenvalue weighted by atomic mass is 9.94. The molecule has 0 bridgehead atoms. The first-order chi connectivity index (χ1) is 14.4. The van der Waals surface area contributed by atoms with Crippen LogP contribution in [-0.4, -0.2) is 41.5 Å². The average Bonchev–Trinajstić information content (AvgIpc) is 2.71. The smallest absolute Gasteiger partial charge is 0.246 e. The number of nitrogens with zero attached hydrogens (tertiary/aromatic N) is 4. The van der Waals surface area contributed by atoms with Crippen molar-refractivity contribution < 1.29 is 13.2 Å². The predicted molar refractivity (Wildman–Crippen MR) is 112 cm³/mol. The molecule has 3 heterocycles. The van der Waals surface area contributed by atoms with Crippen molar-refractivity contribution in [1.82, 2.24) is 24.7 Å². The fraction of sp³-hybridized carbons (Fsp3) is 0.300. The van der Waals surface area contributed by atoms with E-state index in [1.165, 1.54) is 7.11 Å². The molecule has 30 heavy (non-hydrogen) atoms. The topological polar surface area (TPSA) is 119 Å². The van der Waals surface area contributed by atoms with Gasteiger partial charge in [-0.15, -0.1) is 0 Å². The summed E-state index contributed by atoms with van der Waals surface area (Å²) < 4.78 is 33.7.